The molecule has 0 aliphatic carbocycles. The summed E-state index contributed by atoms with van der Waals surface area (Å²) in [6.45, 7) is 2.00. The van der Waals surface area contributed by atoms with Crippen LogP contribution in [0.3, 0.4) is 0 Å². The van der Waals surface area contributed by atoms with Gasteiger partial charge >= 0.3 is 5.97 Å². The van der Waals surface area contributed by atoms with Gasteiger partial charge in [0.2, 0.25) is 0 Å². The Kier molecular flexibility index (Phi) is 7.39. The molecule has 0 aromatic heterocycles. The second-order valence-corrected chi connectivity index (χ2v) is 6.61. The van der Waals surface area contributed by atoms with Gasteiger partial charge in [0.05, 0.1) is 0 Å². The summed E-state index contributed by atoms with van der Waals surface area (Å²) in [5, 5.41) is 2.73. The van der Waals surface area contributed by atoms with Gasteiger partial charge < -0.3 is 14.8 Å². The van der Waals surface area contributed by atoms with Crippen LogP contribution in [-0.2, 0) is 20.9 Å². The molecule has 3 aromatic rings. The molecule has 3 rings (SSSR count). The van der Waals surface area contributed by atoms with Crippen LogP contribution in [0.4, 0.5) is 5.69 Å². The second-order valence-electron chi connectivity index (χ2n) is 6.61. The number of anilines is 1. The Bertz CT molecular complexity index is 983. The van der Waals surface area contributed by atoms with Gasteiger partial charge in [-0.1, -0.05) is 60.7 Å². The number of carbonyl (C=O) groups excluding carboxylic acids is 2. The Morgan fingerprint density at radius 3 is 2.20 bits per heavy atom. The Balaban J connectivity index is 1.46. The van der Waals surface area contributed by atoms with Crippen molar-refractivity contribution in [3.05, 3.63) is 102 Å². The van der Waals surface area contributed by atoms with E-state index in [2.05, 4.69) is 5.32 Å². The topological polar surface area (TPSA) is 64.6 Å². The maximum atomic E-state index is 12.3. The van der Waals surface area contributed by atoms with Gasteiger partial charge in [-0.05, 0) is 48.4 Å². The molecule has 0 bridgehead atoms. The summed E-state index contributed by atoms with van der Waals surface area (Å²) >= 11 is 0. The van der Waals surface area contributed by atoms with E-state index in [1.807, 2.05) is 60.7 Å². The molecule has 1 atom stereocenters. The van der Waals surface area contributed by atoms with Gasteiger partial charge in [0.25, 0.3) is 5.91 Å². The molecule has 1 N–H and O–H groups in total. The van der Waals surface area contributed by atoms with Crippen LogP contribution in [-0.4, -0.2) is 18.0 Å². The van der Waals surface area contributed by atoms with E-state index in [0.717, 1.165) is 11.1 Å². The highest BCUT2D eigenvalue weighted by atomic mass is 16.5. The number of carbonyl (C=O) groups is 2. The lowest BCUT2D eigenvalue weighted by Crippen LogP contribution is -2.29. The molecule has 30 heavy (non-hydrogen) atoms. The van der Waals surface area contributed by atoms with Crippen LogP contribution in [0.1, 0.15) is 18.1 Å². The zero-order valence-corrected chi connectivity index (χ0v) is 16.7. The van der Waals surface area contributed by atoms with E-state index in [-0.39, 0.29) is 0 Å². The fraction of sp³-hybridized carbons (Fsp3) is 0.120. The van der Waals surface area contributed by atoms with Crippen LogP contribution in [0.2, 0.25) is 0 Å². The minimum absolute atomic E-state index is 0.408. The summed E-state index contributed by atoms with van der Waals surface area (Å²) in [5.74, 6) is -0.289. The van der Waals surface area contributed by atoms with Gasteiger partial charge in [-0.3, -0.25) is 4.79 Å². The first-order chi connectivity index (χ1) is 14.6. The predicted molar refractivity (Wildman–Crippen MR) is 117 cm³/mol. The molecular formula is C25H23NO4. The van der Waals surface area contributed by atoms with E-state index in [4.69, 9.17) is 9.47 Å². The van der Waals surface area contributed by atoms with E-state index < -0.39 is 18.0 Å². The van der Waals surface area contributed by atoms with E-state index in [1.54, 1.807) is 30.3 Å². The van der Waals surface area contributed by atoms with Crippen molar-refractivity contribution in [3.8, 4) is 5.75 Å². The second kappa shape index (κ2) is 10.6. The molecule has 0 fully saturated rings. The van der Waals surface area contributed by atoms with Crippen molar-refractivity contribution in [1.29, 1.82) is 0 Å². The lowest BCUT2D eigenvalue weighted by molar-refractivity contribution is -0.148. The Morgan fingerprint density at radius 2 is 1.53 bits per heavy atom. The van der Waals surface area contributed by atoms with Crippen LogP contribution in [0.5, 0.6) is 5.75 Å². The summed E-state index contributed by atoms with van der Waals surface area (Å²) in [7, 11) is 0. The molecule has 0 saturated heterocycles. The standard InChI is InChI=1S/C25H23NO4/c1-19(30-24(27)17-12-20-8-4-2-5-9-20)25(28)26-22-13-15-23(16-14-22)29-18-21-10-6-3-7-11-21/h2-17,19H,18H2,1H3,(H,26,28)/b17-12+/t19-/m1/s1. The smallest absolute Gasteiger partial charge is 0.331 e. The van der Waals surface area contributed by atoms with Crippen LogP contribution < -0.4 is 10.1 Å². The highest BCUT2D eigenvalue weighted by Gasteiger charge is 2.16. The number of hydrogen-bond acceptors (Lipinski definition) is 4. The minimum atomic E-state index is -0.924. The van der Waals surface area contributed by atoms with Crippen molar-refractivity contribution in [3.63, 3.8) is 0 Å². The molecule has 1 amide bonds. The van der Waals surface area contributed by atoms with Crippen molar-refractivity contribution >= 4 is 23.6 Å². The molecule has 0 spiro atoms. The van der Waals surface area contributed by atoms with E-state index in [9.17, 15) is 9.59 Å². The maximum absolute atomic E-state index is 12.3. The summed E-state index contributed by atoms with van der Waals surface area (Å²) in [4.78, 5) is 24.2. The monoisotopic (exact) mass is 401 g/mol. The van der Waals surface area contributed by atoms with Gasteiger partial charge in [0, 0.05) is 11.8 Å². The van der Waals surface area contributed by atoms with Crippen molar-refractivity contribution in [2.45, 2.75) is 19.6 Å². The highest BCUT2D eigenvalue weighted by Crippen LogP contribution is 2.17. The largest absolute Gasteiger partial charge is 0.489 e. The normalized spacial score (nSPS) is 11.6. The van der Waals surface area contributed by atoms with Crippen molar-refractivity contribution in [2.75, 3.05) is 5.32 Å². The van der Waals surface area contributed by atoms with Gasteiger partial charge in [-0.15, -0.1) is 0 Å². The minimum Gasteiger partial charge on any atom is -0.489 e. The molecular weight excluding hydrogens is 378 g/mol. The van der Waals surface area contributed by atoms with Gasteiger partial charge in [0.1, 0.15) is 12.4 Å². The number of hydrogen-bond donors (Lipinski definition) is 1. The average Bonchev–Trinajstić information content (AvgIpc) is 2.78. The van der Waals surface area contributed by atoms with Crippen molar-refractivity contribution in [2.24, 2.45) is 0 Å². The number of ether oxygens (including phenoxy) is 2. The van der Waals surface area contributed by atoms with Crippen molar-refractivity contribution < 1.29 is 19.1 Å². The molecule has 0 heterocycles. The number of nitrogens with one attached hydrogen (secondary N) is 1. The molecule has 5 heteroatoms. The van der Waals surface area contributed by atoms with Crippen LogP contribution in [0.15, 0.2) is 91.0 Å². The first-order valence-electron chi connectivity index (χ1n) is 9.61. The zero-order chi connectivity index (χ0) is 21.2. The van der Waals surface area contributed by atoms with Crippen LogP contribution in [0.25, 0.3) is 6.08 Å². The number of rotatable bonds is 8. The summed E-state index contributed by atoms with van der Waals surface area (Å²) in [6.07, 6.45) is 2.02. The molecule has 152 valence electrons. The predicted octanol–water partition coefficient (Wildman–Crippen LogP) is 4.85. The van der Waals surface area contributed by atoms with Crippen LogP contribution in [0, 0.1) is 0 Å². The van der Waals surface area contributed by atoms with Crippen LogP contribution >= 0.6 is 0 Å². The Morgan fingerprint density at radius 1 is 0.900 bits per heavy atom. The zero-order valence-electron chi connectivity index (χ0n) is 16.7. The van der Waals surface area contributed by atoms with E-state index in [1.165, 1.54) is 13.0 Å². The van der Waals surface area contributed by atoms with E-state index >= 15 is 0 Å². The molecule has 0 radical (unpaired) electrons. The molecule has 0 aliphatic heterocycles. The molecule has 0 unspecified atom stereocenters. The molecule has 0 aliphatic rings. The Hall–Kier alpha value is -3.86. The number of amides is 1. The van der Waals surface area contributed by atoms with Gasteiger partial charge in [-0.25, -0.2) is 4.79 Å². The Labute approximate surface area is 176 Å². The molecule has 0 saturated carbocycles. The fourth-order valence-electron chi connectivity index (χ4n) is 2.61. The first kappa shape index (κ1) is 20.9. The lowest BCUT2D eigenvalue weighted by Gasteiger charge is -2.13. The number of benzene rings is 3. The molecule has 5 nitrogen and oxygen atoms in total. The van der Waals surface area contributed by atoms with E-state index in [0.29, 0.717) is 18.0 Å². The summed E-state index contributed by atoms with van der Waals surface area (Å²) < 4.78 is 10.9. The maximum Gasteiger partial charge on any atom is 0.331 e. The highest BCUT2D eigenvalue weighted by molar-refractivity contribution is 5.96. The fourth-order valence-corrected chi connectivity index (χ4v) is 2.61. The third-order valence-electron chi connectivity index (χ3n) is 4.24. The van der Waals surface area contributed by atoms with Gasteiger partial charge in [-0.2, -0.15) is 0 Å². The summed E-state index contributed by atoms with van der Waals surface area (Å²) in [6, 6.07) is 26.3. The quantitative estimate of drug-likeness (QED) is 0.433. The SMILES string of the molecule is C[C@@H](OC(=O)/C=C/c1ccccc1)C(=O)Nc1ccc(OCc2ccccc2)cc1. The summed E-state index contributed by atoms with van der Waals surface area (Å²) in [5.41, 5.74) is 2.54. The van der Waals surface area contributed by atoms with Gasteiger partial charge in [0.15, 0.2) is 6.10 Å². The third kappa shape index (κ3) is 6.63. The first-order valence-corrected chi connectivity index (χ1v) is 9.61. The number of esters is 1. The lowest BCUT2D eigenvalue weighted by atomic mass is 10.2. The average molecular weight is 401 g/mol. The molecule has 3 aromatic carbocycles. The van der Waals surface area contributed by atoms with Crippen molar-refractivity contribution in [1.82, 2.24) is 0 Å². The third-order valence-corrected chi connectivity index (χ3v) is 4.24.